The molecule has 7 heteroatoms. The fraction of sp³-hybridized carbons (Fsp3) is 0.368. The Labute approximate surface area is 198 Å². The quantitative estimate of drug-likeness (QED) is 0.388. The van der Waals surface area contributed by atoms with Gasteiger partial charge in [0.1, 0.15) is 11.5 Å². The van der Waals surface area contributed by atoms with E-state index in [0.29, 0.717) is 5.75 Å². The third kappa shape index (κ3) is 8.08. The molecule has 0 spiro atoms. The van der Waals surface area contributed by atoms with Crippen LogP contribution in [0.5, 0.6) is 17.2 Å². The van der Waals surface area contributed by atoms with Gasteiger partial charge in [-0.05, 0) is 42.7 Å². The summed E-state index contributed by atoms with van der Waals surface area (Å²) in [5, 5.41) is 11.5. The van der Waals surface area contributed by atoms with Gasteiger partial charge in [0.15, 0.2) is 0 Å². The molecule has 0 saturated heterocycles. The van der Waals surface area contributed by atoms with Crippen LogP contribution in [0.4, 0.5) is 0 Å². The Hall–Kier alpha value is -0.414. The van der Waals surface area contributed by atoms with Crippen LogP contribution in [0.3, 0.4) is 0 Å². The number of rotatable bonds is 9. The fourth-order valence-electron chi connectivity index (χ4n) is 2.55. The van der Waals surface area contributed by atoms with E-state index in [1.807, 2.05) is 12.1 Å². The topological polar surface area (TPSA) is 86.7 Å². The maximum absolute atomic E-state index is 11.5. The first-order valence-electron chi connectivity index (χ1n) is 8.45. The SMILES string of the molecule is CCCCCCCc1ccc(Oc2cc([O-])cc(S(=O)(=O)O)c2)cc1.[K+]. The average molecular weight is 403 g/mol. The molecule has 0 amide bonds. The van der Waals surface area contributed by atoms with Gasteiger partial charge in [0.25, 0.3) is 10.1 Å². The maximum Gasteiger partial charge on any atom is 1.00 e. The van der Waals surface area contributed by atoms with Gasteiger partial charge in [-0.1, -0.05) is 44.7 Å². The first-order chi connectivity index (χ1) is 11.9. The second kappa shape index (κ2) is 11.4. The summed E-state index contributed by atoms with van der Waals surface area (Å²) in [6.07, 6.45) is 7.15. The summed E-state index contributed by atoms with van der Waals surface area (Å²) in [6.45, 7) is 2.19. The Morgan fingerprint density at radius 1 is 0.962 bits per heavy atom. The third-order valence-electron chi connectivity index (χ3n) is 3.88. The number of benzene rings is 2. The zero-order chi connectivity index (χ0) is 18.3. The molecule has 0 aliphatic heterocycles. The van der Waals surface area contributed by atoms with Crippen LogP contribution in [0.2, 0.25) is 0 Å². The van der Waals surface area contributed by atoms with Gasteiger partial charge in [-0.3, -0.25) is 4.55 Å². The van der Waals surface area contributed by atoms with Crippen molar-refractivity contribution in [2.45, 2.75) is 50.3 Å². The predicted octanol–water partition coefficient (Wildman–Crippen LogP) is 1.32. The molecule has 0 bridgehead atoms. The van der Waals surface area contributed by atoms with Crippen LogP contribution in [0, 0.1) is 0 Å². The largest absolute Gasteiger partial charge is 1.00 e. The van der Waals surface area contributed by atoms with Crippen molar-refractivity contribution in [3.05, 3.63) is 48.0 Å². The van der Waals surface area contributed by atoms with Gasteiger partial charge in [-0.25, -0.2) is 0 Å². The minimum absolute atomic E-state index is 0. The summed E-state index contributed by atoms with van der Waals surface area (Å²) in [4.78, 5) is -0.473. The molecule has 0 aliphatic rings. The molecule has 2 aromatic carbocycles. The molecular formula is C19H23KO5S. The summed E-state index contributed by atoms with van der Waals surface area (Å²) in [7, 11) is -4.44. The van der Waals surface area contributed by atoms with Crippen LogP contribution in [0.15, 0.2) is 47.4 Å². The second-order valence-corrected chi connectivity index (χ2v) is 7.45. The fourth-order valence-corrected chi connectivity index (χ4v) is 3.08. The molecule has 0 aromatic heterocycles. The number of ether oxygens (including phenoxy) is 1. The van der Waals surface area contributed by atoms with Gasteiger partial charge in [0.2, 0.25) is 0 Å². The normalized spacial score (nSPS) is 11.0. The third-order valence-corrected chi connectivity index (χ3v) is 4.71. The Bertz CT molecular complexity index is 788. The van der Waals surface area contributed by atoms with E-state index in [9.17, 15) is 13.5 Å². The van der Waals surface area contributed by atoms with Crippen LogP contribution in [0.1, 0.15) is 44.6 Å². The van der Waals surface area contributed by atoms with E-state index >= 15 is 0 Å². The van der Waals surface area contributed by atoms with Crippen molar-refractivity contribution in [1.29, 1.82) is 0 Å². The molecule has 2 aromatic rings. The molecule has 26 heavy (non-hydrogen) atoms. The van der Waals surface area contributed by atoms with Crippen molar-refractivity contribution in [2.24, 2.45) is 0 Å². The molecule has 1 N–H and O–H groups in total. The number of hydrogen-bond donors (Lipinski definition) is 1. The zero-order valence-electron chi connectivity index (χ0n) is 15.3. The molecule has 136 valence electrons. The minimum Gasteiger partial charge on any atom is -0.872 e. The van der Waals surface area contributed by atoms with E-state index in [1.165, 1.54) is 37.3 Å². The minimum atomic E-state index is -4.44. The van der Waals surface area contributed by atoms with Gasteiger partial charge in [-0.2, -0.15) is 8.42 Å². The van der Waals surface area contributed by atoms with Crippen LogP contribution in [0.25, 0.3) is 0 Å². The molecule has 0 heterocycles. The van der Waals surface area contributed by atoms with Gasteiger partial charge in [-0.15, -0.1) is 5.75 Å². The summed E-state index contributed by atoms with van der Waals surface area (Å²) in [6, 6.07) is 10.6. The Morgan fingerprint density at radius 3 is 2.23 bits per heavy atom. The van der Waals surface area contributed by atoms with Crippen molar-refractivity contribution in [2.75, 3.05) is 0 Å². The van der Waals surface area contributed by atoms with Crippen molar-refractivity contribution in [3.63, 3.8) is 0 Å². The van der Waals surface area contributed by atoms with E-state index < -0.39 is 20.8 Å². The molecule has 0 aliphatic carbocycles. The molecule has 0 fully saturated rings. The number of unbranched alkanes of at least 4 members (excludes halogenated alkanes) is 4. The van der Waals surface area contributed by atoms with Crippen LogP contribution >= 0.6 is 0 Å². The van der Waals surface area contributed by atoms with E-state index in [-0.39, 0.29) is 57.1 Å². The predicted molar refractivity (Wildman–Crippen MR) is 94.7 cm³/mol. The summed E-state index contributed by atoms with van der Waals surface area (Å²) in [5.74, 6) is 0.0304. The van der Waals surface area contributed by atoms with Crippen molar-refractivity contribution in [3.8, 4) is 17.2 Å². The first-order valence-corrected chi connectivity index (χ1v) is 9.89. The van der Waals surface area contributed by atoms with Crippen molar-refractivity contribution >= 4 is 10.1 Å². The molecule has 0 unspecified atom stereocenters. The summed E-state index contributed by atoms with van der Waals surface area (Å²) >= 11 is 0. The maximum atomic E-state index is 11.5. The van der Waals surface area contributed by atoms with Crippen molar-refractivity contribution in [1.82, 2.24) is 0 Å². The number of aryl methyl sites for hydroxylation is 1. The van der Waals surface area contributed by atoms with Gasteiger partial charge in [0, 0.05) is 6.07 Å². The molecule has 0 atom stereocenters. The molecular weight excluding hydrogens is 379 g/mol. The van der Waals surface area contributed by atoms with E-state index in [4.69, 9.17) is 9.29 Å². The Kier molecular flexibility index (Phi) is 10.4. The van der Waals surface area contributed by atoms with Gasteiger partial charge >= 0.3 is 51.4 Å². The summed E-state index contributed by atoms with van der Waals surface area (Å²) in [5.41, 5.74) is 1.21. The Balaban J connectivity index is 0.00000338. The molecule has 0 radical (unpaired) electrons. The van der Waals surface area contributed by atoms with E-state index in [1.54, 1.807) is 12.1 Å². The zero-order valence-corrected chi connectivity index (χ0v) is 19.2. The molecule has 0 saturated carbocycles. The summed E-state index contributed by atoms with van der Waals surface area (Å²) < 4.78 is 36.9. The van der Waals surface area contributed by atoms with Crippen LogP contribution in [-0.4, -0.2) is 13.0 Å². The van der Waals surface area contributed by atoms with Gasteiger partial charge < -0.3 is 9.84 Å². The first kappa shape index (κ1) is 23.6. The van der Waals surface area contributed by atoms with E-state index in [0.717, 1.165) is 25.0 Å². The van der Waals surface area contributed by atoms with E-state index in [2.05, 4.69) is 6.92 Å². The van der Waals surface area contributed by atoms with Crippen molar-refractivity contribution < 1.29 is 74.2 Å². The number of hydrogen-bond acceptors (Lipinski definition) is 4. The smallest absolute Gasteiger partial charge is 0.872 e. The van der Waals surface area contributed by atoms with Gasteiger partial charge in [0.05, 0.1) is 4.90 Å². The van der Waals surface area contributed by atoms with Crippen LogP contribution in [-0.2, 0) is 16.5 Å². The molecule has 2 rings (SSSR count). The monoisotopic (exact) mass is 402 g/mol. The van der Waals surface area contributed by atoms with Crippen LogP contribution < -0.4 is 61.2 Å². The molecule has 5 nitrogen and oxygen atoms in total. The second-order valence-electron chi connectivity index (χ2n) is 6.03. The standard InChI is InChI=1S/C19H24O5S.K/c1-2-3-4-5-6-7-15-8-10-17(11-9-15)24-18-12-16(20)13-19(14-18)25(21,22)23;/h8-14,20H,2-7H2,1H3,(H,21,22,23);/q;+1/p-1. The average Bonchev–Trinajstić information content (AvgIpc) is 2.55. The Morgan fingerprint density at radius 2 is 1.62 bits per heavy atom.